The number of halogens is 4. The van der Waals surface area contributed by atoms with Gasteiger partial charge < -0.3 is 15.2 Å². The lowest BCUT2D eigenvalue weighted by atomic mass is 10.2. The van der Waals surface area contributed by atoms with Gasteiger partial charge >= 0.3 is 6.36 Å². The van der Waals surface area contributed by atoms with Crippen molar-refractivity contribution in [3.8, 4) is 11.5 Å². The van der Waals surface area contributed by atoms with E-state index in [-0.39, 0.29) is 18.0 Å². The van der Waals surface area contributed by atoms with E-state index in [1.54, 1.807) is 0 Å². The number of hydrogen-bond acceptors (Lipinski definition) is 3. The lowest BCUT2D eigenvalue weighted by Gasteiger charge is -2.11. The van der Waals surface area contributed by atoms with Crippen LogP contribution < -0.4 is 15.2 Å². The first kappa shape index (κ1) is 15.0. The minimum Gasteiger partial charge on any atom is -0.489 e. The Morgan fingerprint density at radius 1 is 0.952 bits per heavy atom. The summed E-state index contributed by atoms with van der Waals surface area (Å²) >= 11 is 0. The molecular weight excluding hydrogens is 290 g/mol. The van der Waals surface area contributed by atoms with Crippen LogP contribution in [-0.2, 0) is 6.61 Å². The van der Waals surface area contributed by atoms with Crippen molar-refractivity contribution in [3.63, 3.8) is 0 Å². The largest absolute Gasteiger partial charge is 0.573 e. The standard InChI is InChI=1S/C14H11F4NO2/c15-10-2-1-9(13(19)7-10)8-20-11-3-5-12(6-4-11)21-14(16,17)18/h1-7H,8,19H2. The molecular formula is C14H11F4NO2. The molecule has 0 aromatic heterocycles. The first-order chi connectivity index (χ1) is 9.83. The fourth-order valence-corrected chi connectivity index (χ4v) is 1.60. The maximum atomic E-state index is 12.9. The lowest BCUT2D eigenvalue weighted by molar-refractivity contribution is -0.274. The Balaban J connectivity index is 1.97. The van der Waals surface area contributed by atoms with Crippen LogP contribution >= 0.6 is 0 Å². The Hall–Kier alpha value is -2.44. The van der Waals surface area contributed by atoms with Crippen molar-refractivity contribution in [2.45, 2.75) is 13.0 Å². The lowest BCUT2D eigenvalue weighted by Crippen LogP contribution is -2.16. The summed E-state index contributed by atoms with van der Waals surface area (Å²) in [5.74, 6) is -0.450. The minimum atomic E-state index is -4.73. The molecule has 0 spiro atoms. The van der Waals surface area contributed by atoms with Gasteiger partial charge in [-0.05, 0) is 36.4 Å². The monoisotopic (exact) mass is 301 g/mol. The molecule has 2 N–H and O–H groups in total. The first-order valence-electron chi connectivity index (χ1n) is 5.86. The molecule has 2 aromatic carbocycles. The summed E-state index contributed by atoms with van der Waals surface area (Å²) in [7, 11) is 0. The Labute approximate surface area is 117 Å². The number of benzene rings is 2. The molecule has 21 heavy (non-hydrogen) atoms. The van der Waals surface area contributed by atoms with Gasteiger partial charge in [-0.1, -0.05) is 6.07 Å². The number of hydrogen-bond donors (Lipinski definition) is 1. The van der Waals surface area contributed by atoms with Crippen molar-refractivity contribution in [1.82, 2.24) is 0 Å². The van der Waals surface area contributed by atoms with Crippen molar-refractivity contribution in [2.75, 3.05) is 5.73 Å². The van der Waals surface area contributed by atoms with Gasteiger partial charge in [-0.25, -0.2) is 4.39 Å². The molecule has 0 unspecified atom stereocenters. The Bertz CT molecular complexity index is 611. The summed E-state index contributed by atoms with van der Waals surface area (Å²) in [6.45, 7) is 0.0750. The summed E-state index contributed by atoms with van der Waals surface area (Å²) in [5, 5.41) is 0. The highest BCUT2D eigenvalue weighted by molar-refractivity contribution is 5.46. The van der Waals surface area contributed by atoms with E-state index in [0.717, 1.165) is 12.1 Å². The van der Waals surface area contributed by atoms with E-state index in [2.05, 4.69) is 4.74 Å². The maximum Gasteiger partial charge on any atom is 0.573 e. The zero-order chi connectivity index (χ0) is 15.5. The molecule has 0 aliphatic rings. The van der Waals surface area contributed by atoms with Gasteiger partial charge in [0.2, 0.25) is 0 Å². The van der Waals surface area contributed by atoms with E-state index in [4.69, 9.17) is 10.5 Å². The van der Waals surface area contributed by atoms with E-state index in [1.165, 1.54) is 30.3 Å². The predicted octanol–water partition coefficient (Wildman–Crippen LogP) is 3.89. The molecule has 7 heteroatoms. The number of rotatable bonds is 4. The fourth-order valence-electron chi connectivity index (χ4n) is 1.60. The van der Waals surface area contributed by atoms with Crippen molar-refractivity contribution in [3.05, 3.63) is 53.8 Å². The molecule has 0 aliphatic heterocycles. The third-order valence-electron chi connectivity index (χ3n) is 2.56. The van der Waals surface area contributed by atoms with Crippen LogP contribution in [0.3, 0.4) is 0 Å². The molecule has 0 radical (unpaired) electrons. The van der Waals surface area contributed by atoms with Gasteiger partial charge in [0, 0.05) is 11.3 Å². The van der Waals surface area contributed by atoms with Crippen molar-refractivity contribution in [2.24, 2.45) is 0 Å². The zero-order valence-electron chi connectivity index (χ0n) is 10.7. The molecule has 2 aromatic rings. The number of ether oxygens (including phenoxy) is 2. The maximum absolute atomic E-state index is 12.9. The van der Waals surface area contributed by atoms with Gasteiger partial charge in [-0.15, -0.1) is 13.2 Å². The molecule has 0 atom stereocenters. The molecule has 0 saturated heterocycles. The van der Waals surface area contributed by atoms with Crippen LogP contribution in [0.4, 0.5) is 23.2 Å². The van der Waals surface area contributed by atoms with Crippen molar-refractivity contribution in [1.29, 1.82) is 0 Å². The fraction of sp³-hybridized carbons (Fsp3) is 0.143. The van der Waals surface area contributed by atoms with E-state index in [9.17, 15) is 17.6 Å². The number of nitrogen functional groups attached to an aromatic ring is 1. The second-order valence-electron chi connectivity index (χ2n) is 4.15. The number of alkyl halides is 3. The van der Waals surface area contributed by atoms with E-state index in [1.807, 2.05) is 0 Å². The summed E-state index contributed by atoms with van der Waals surface area (Å²) in [6, 6.07) is 8.83. The topological polar surface area (TPSA) is 44.5 Å². The van der Waals surface area contributed by atoms with Gasteiger partial charge in [-0.2, -0.15) is 0 Å². The van der Waals surface area contributed by atoms with Crippen LogP contribution in [0.25, 0.3) is 0 Å². The summed E-state index contributed by atoms with van der Waals surface area (Å²) in [6.07, 6.45) is -4.73. The third-order valence-corrected chi connectivity index (χ3v) is 2.56. The first-order valence-corrected chi connectivity index (χ1v) is 5.86. The molecule has 0 heterocycles. The van der Waals surface area contributed by atoms with Crippen LogP contribution in [-0.4, -0.2) is 6.36 Å². The number of nitrogens with two attached hydrogens (primary N) is 1. The highest BCUT2D eigenvalue weighted by atomic mass is 19.4. The minimum absolute atomic E-state index is 0.0750. The van der Waals surface area contributed by atoms with Crippen LogP contribution in [0.1, 0.15) is 5.56 Å². The molecule has 3 nitrogen and oxygen atoms in total. The van der Waals surface area contributed by atoms with Gasteiger partial charge in [0.25, 0.3) is 0 Å². The van der Waals surface area contributed by atoms with Crippen molar-refractivity contribution >= 4 is 5.69 Å². The third kappa shape index (κ3) is 4.55. The van der Waals surface area contributed by atoms with Crippen molar-refractivity contribution < 1.29 is 27.0 Å². The predicted molar refractivity (Wildman–Crippen MR) is 68.3 cm³/mol. The van der Waals surface area contributed by atoms with Gasteiger partial charge in [-0.3, -0.25) is 0 Å². The SMILES string of the molecule is Nc1cc(F)ccc1COc1ccc(OC(F)(F)F)cc1. The molecule has 0 bridgehead atoms. The average Bonchev–Trinajstić information content (AvgIpc) is 2.38. The van der Waals surface area contributed by atoms with E-state index < -0.39 is 12.2 Å². The molecule has 2 rings (SSSR count). The molecule has 0 amide bonds. The normalized spacial score (nSPS) is 11.2. The molecule has 0 fully saturated rings. The molecule has 0 saturated carbocycles. The Kier molecular flexibility index (Phi) is 4.21. The van der Waals surface area contributed by atoms with Gasteiger partial charge in [0.1, 0.15) is 23.9 Å². The second-order valence-corrected chi connectivity index (χ2v) is 4.15. The quantitative estimate of drug-likeness (QED) is 0.688. The highest BCUT2D eigenvalue weighted by Crippen LogP contribution is 2.25. The molecule has 0 aliphatic carbocycles. The van der Waals surface area contributed by atoms with Crippen LogP contribution in [0, 0.1) is 5.82 Å². The van der Waals surface area contributed by atoms with E-state index in [0.29, 0.717) is 11.3 Å². The Morgan fingerprint density at radius 2 is 1.57 bits per heavy atom. The second kappa shape index (κ2) is 5.90. The highest BCUT2D eigenvalue weighted by Gasteiger charge is 2.30. The van der Waals surface area contributed by atoms with Gasteiger partial charge in [0.15, 0.2) is 0 Å². The van der Waals surface area contributed by atoms with E-state index >= 15 is 0 Å². The van der Waals surface area contributed by atoms with Crippen LogP contribution in [0.15, 0.2) is 42.5 Å². The van der Waals surface area contributed by atoms with Crippen LogP contribution in [0.2, 0.25) is 0 Å². The number of anilines is 1. The Morgan fingerprint density at radius 3 is 2.14 bits per heavy atom. The molecule has 112 valence electrons. The smallest absolute Gasteiger partial charge is 0.489 e. The average molecular weight is 301 g/mol. The summed E-state index contributed by atoms with van der Waals surface area (Å²) in [4.78, 5) is 0. The van der Waals surface area contributed by atoms with Gasteiger partial charge in [0.05, 0.1) is 0 Å². The van der Waals surface area contributed by atoms with Crippen LogP contribution in [0.5, 0.6) is 11.5 Å². The summed E-state index contributed by atoms with van der Waals surface area (Å²) < 4.78 is 57.9. The summed E-state index contributed by atoms with van der Waals surface area (Å²) in [5.41, 5.74) is 6.43. The zero-order valence-corrected chi connectivity index (χ0v) is 10.7.